The number of carbonyl (C=O) groups excluding carboxylic acids is 2. The Hall–Kier alpha value is -1.26. The fourth-order valence-corrected chi connectivity index (χ4v) is 5.96. The summed E-state index contributed by atoms with van der Waals surface area (Å²) in [6, 6.07) is 0.834. The Labute approximate surface area is 151 Å². The minimum atomic E-state index is 0.145. The smallest absolute Gasteiger partial charge is 0.317 e. The highest BCUT2D eigenvalue weighted by atomic mass is 16.2. The van der Waals surface area contributed by atoms with Crippen LogP contribution in [0.3, 0.4) is 0 Å². The van der Waals surface area contributed by atoms with Crippen LogP contribution in [-0.4, -0.2) is 53.5 Å². The van der Waals surface area contributed by atoms with E-state index in [0.29, 0.717) is 6.04 Å². The lowest BCUT2D eigenvalue weighted by Crippen LogP contribution is -2.51. The molecule has 1 N–H and O–H groups in total. The number of carbonyl (C=O) groups is 2. The second-order valence-corrected chi connectivity index (χ2v) is 8.89. The highest BCUT2D eigenvalue weighted by Gasteiger charge is 2.42. The number of nitrogens with zero attached hydrogens (tertiary/aromatic N) is 2. The normalized spacial score (nSPS) is 35.4. The zero-order valence-corrected chi connectivity index (χ0v) is 15.6. The molecule has 2 saturated heterocycles. The molecule has 3 amide bonds. The van der Waals surface area contributed by atoms with Crippen molar-refractivity contribution in [2.75, 3.05) is 19.6 Å². The van der Waals surface area contributed by atoms with Gasteiger partial charge in [0, 0.05) is 38.6 Å². The van der Waals surface area contributed by atoms with Crippen LogP contribution in [0.15, 0.2) is 0 Å². The van der Waals surface area contributed by atoms with Gasteiger partial charge in [-0.2, -0.15) is 0 Å². The summed E-state index contributed by atoms with van der Waals surface area (Å²) in [6.45, 7) is 4.09. The molecular formula is C20H33N3O2. The molecule has 2 aliphatic heterocycles. The van der Waals surface area contributed by atoms with E-state index < -0.39 is 0 Å². The zero-order chi connectivity index (χ0) is 17.4. The number of hydrogen-bond acceptors (Lipinski definition) is 2. The Balaban J connectivity index is 1.27. The molecule has 140 valence electrons. The molecule has 2 heterocycles. The van der Waals surface area contributed by atoms with Crippen molar-refractivity contribution >= 4 is 11.9 Å². The summed E-state index contributed by atoms with van der Waals surface area (Å²) in [4.78, 5) is 28.3. The van der Waals surface area contributed by atoms with E-state index in [9.17, 15) is 9.59 Å². The van der Waals surface area contributed by atoms with Gasteiger partial charge in [0.2, 0.25) is 5.91 Å². The Morgan fingerprint density at radius 2 is 1.80 bits per heavy atom. The van der Waals surface area contributed by atoms with Gasteiger partial charge in [0.05, 0.1) is 0 Å². The third-order valence-electron chi connectivity index (χ3n) is 7.37. The maximum atomic E-state index is 12.8. The van der Waals surface area contributed by atoms with Crippen LogP contribution in [-0.2, 0) is 4.79 Å². The predicted octanol–water partition coefficient (Wildman–Crippen LogP) is 3.00. The summed E-state index contributed by atoms with van der Waals surface area (Å²) in [5, 5.41) is 3.26. The van der Waals surface area contributed by atoms with Crippen molar-refractivity contribution in [3.05, 3.63) is 0 Å². The van der Waals surface area contributed by atoms with E-state index in [1.54, 1.807) is 6.92 Å². The van der Waals surface area contributed by atoms with E-state index in [-0.39, 0.29) is 18.0 Å². The monoisotopic (exact) mass is 347 g/mol. The minimum Gasteiger partial charge on any atom is -0.343 e. The number of hydrogen-bond donors (Lipinski definition) is 1. The van der Waals surface area contributed by atoms with E-state index >= 15 is 0 Å². The molecule has 2 aliphatic carbocycles. The van der Waals surface area contributed by atoms with Crippen molar-refractivity contribution in [2.45, 2.75) is 76.8 Å². The fourth-order valence-electron chi connectivity index (χ4n) is 5.96. The molecule has 0 spiro atoms. The highest BCUT2D eigenvalue weighted by Crippen LogP contribution is 2.50. The number of fused-ring (bicyclic) bond motifs is 2. The Morgan fingerprint density at radius 1 is 1.00 bits per heavy atom. The number of likely N-dealkylation sites (tertiary alicyclic amines) is 2. The summed E-state index contributed by atoms with van der Waals surface area (Å²) in [7, 11) is 0. The summed E-state index contributed by atoms with van der Waals surface area (Å²) in [5.74, 6) is 2.96. The molecule has 2 bridgehead atoms. The molecule has 4 atom stereocenters. The first-order valence-electron chi connectivity index (χ1n) is 10.4. The molecule has 4 rings (SSSR count). The summed E-state index contributed by atoms with van der Waals surface area (Å²) < 4.78 is 0. The third kappa shape index (κ3) is 3.65. The molecule has 2 saturated carbocycles. The van der Waals surface area contributed by atoms with Crippen molar-refractivity contribution in [1.82, 2.24) is 15.1 Å². The molecule has 0 aromatic carbocycles. The zero-order valence-electron chi connectivity index (χ0n) is 15.6. The largest absolute Gasteiger partial charge is 0.343 e. The maximum absolute atomic E-state index is 12.8. The van der Waals surface area contributed by atoms with Gasteiger partial charge in [0.25, 0.3) is 0 Å². The molecular weight excluding hydrogens is 314 g/mol. The molecule has 5 nitrogen and oxygen atoms in total. The van der Waals surface area contributed by atoms with Gasteiger partial charge in [0.15, 0.2) is 0 Å². The van der Waals surface area contributed by atoms with Gasteiger partial charge >= 0.3 is 6.03 Å². The second kappa shape index (κ2) is 7.16. The number of piperidine rings is 1. The minimum absolute atomic E-state index is 0.145. The first-order valence-corrected chi connectivity index (χ1v) is 10.4. The van der Waals surface area contributed by atoms with Gasteiger partial charge in [-0.05, 0) is 69.1 Å². The van der Waals surface area contributed by atoms with Gasteiger partial charge in [-0.3, -0.25) is 4.79 Å². The van der Waals surface area contributed by atoms with Gasteiger partial charge in [-0.1, -0.05) is 6.42 Å². The van der Waals surface area contributed by atoms with E-state index in [2.05, 4.69) is 10.2 Å². The fraction of sp³-hybridized carbons (Fsp3) is 0.900. The summed E-state index contributed by atoms with van der Waals surface area (Å²) >= 11 is 0. The van der Waals surface area contributed by atoms with E-state index in [1.807, 2.05) is 4.90 Å². The van der Waals surface area contributed by atoms with Crippen LogP contribution in [0.1, 0.15) is 64.7 Å². The van der Waals surface area contributed by atoms with Gasteiger partial charge in [0.1, 0.15) is 0 Å². The molecule has 0 aromatic rings. The maximum Gasteiger partial charge on any atom is 0.317 e. The van der Waals surface area contributed by atoms with Crippen LogP contribution in [0.2, 0.25) is 0 Å². The molecule has 4 fully saturated rings. The van der Waals surface area contributed by atoms with Crippen LogP contribution in [0, 0.1) is 17.8 Å². The SMILES string of the molecule is CC(=O)N1CCC(NC(=O)N2CCCC2CC2CC3CCC2C3)CC1. The molecule has 0 aromatic heterocycles. The number of nitrogens with one attached hydrogen (secondary N) is 1. The van der Waals surface area contributed by atoms with E-state index in [4.69, 9.17) is 0 Å². The van der Waals surface area contributed by atoms with Crippen LogP contribution >= 0.6 is 0 Å². The molecule has 25 heavy (non-hydrogen) atoms. The van der Waals surface area contributed by atoms with Crippen LogP contribution in [0.5, 0.6) is 0 Å². The van der Waals surface area contributed by atoms with Gasteiger partial charge < -0.3 is 15.1 Å². The average molecular weight is 348 g/mol. The highest BCUT2D eigenvalue weighted by molar-refractivity contribution is 5.75. The topological polar surface area (TPSA) is 52.7 Å². The number of urea groups is 1. The molecule has 5 heteroatoms. The van der Waals surface area contributed by atoms with Crippen LogP contribution in [0.4, 0.5) is 4.79 Å². The van der Waals surface area contributed by atoms with E-state index in [0.717, 1.165) is 56.7 Å². The van der Waals surface area contributed by atoms with Crippen molar-refractivity contribution in [3.8, 4) is 0 Å². The van der Waals surface area contributed by atoms with E-state index in [1.165, 1.54) is 38.5 Å². The molecule has 0 radical (unpaired) electrons. The van der Waals surface area contributed by atoms with Gasteiger partial charge in [-0.25, -0.2) is 4.79 Å². The first-order chi connectivity index (χ1) is 12.1. The lowest BCUT2D eigenvalue weighted by Gasteiger charge is -2.34. The van der Waals surface area contributed by atoms with Crippen molar-refractivity contribution < 1.29 is 9.59 Å². The predicted molar refractivity (Wildman–Crippen MR) is 97.1 cm³/mol. The van der Waals surface area contributed by atoms with Crippen molar-refractivity contribution in [2.24, 2.45) is 17.8 Å². The second-order valence-electron chi connectivity index (χ2n) is 8.89. The number of rotatable bonds is 3. The lowest BCUT2D eigenvalue weighted by atomic mass is 9.84. The first kappa shape index (κ1) is 17.2. The molecule has 4 unspecified atom stereocenters. The Kier molecular flexibility index (Phi) is 4.92. The Bertz CT molecular complexity index is 515. The summed E-state index contributed by atoms with van der Waals surface area (Å²) in [5.41, 5.74) is 0. The van der Waals surface area contributed by atoms with Crippen LogP contribution < -0.4 is 5.32 Å². The average Bonchev–Trinajstić information content (AvgIpc) is 3.32. The number of amides is 3. The van der Waals surface area contributed by atoms with Crippen molar-refractivity contribution in [1.29, 1.82) is 0 Å². The van der Waals surface area contributed by atoms with Crippen LogP contribution in [0.25, 0.3) is 0 Å². The third-order valence-corrected chi connectivity index (χ3v) is 7.37. The van der Waals surface area contributed by atoms with Gasteiger partial charge in [-0.15, -0.1) is 0 Å². The Morgan fingerprint density at radius 3 is 2.44 bits per heavy atom. The molecule has 4 aliphatic rings. The summed E-state index contributed by atoms with van der Waals surface area (Å²) in [6.07, 6.45) is 11.1. The van der Waals surface area contributed by atoms with Crippen molar-refractivity contribution in [3.63, 3.8) is 0 Å². The standard InChI is InChI=1S/C20H33N3O2/c1-14(24)22-9-6-18(7-10-22)21-20(25)23-8-2-3-19(23)13-17-12-15-4-5-16(17)11-15/h15-19H,2-13H2,1H3,(H,21,25). The quantitative estimate of drug-likeness (QED) is 0.853. The lowest BCUT2D eigenvalue weighted by molar-refractivity contribution is -0.129.